The van der Waals surface area contributed by atoms with E-state index < -0.39 is 0 Å². The molecule has 0 fully saturated rings. The molecule has 0 radical (unpaired) electrons. The van der Waals surface area contributed by atoms with E-state index in [1.807, 2.05) is 38.2 Å². The zero-order chi connectivity index (χ0) is 14.6. The Labute approximate surface area is 121 Å². The van der Waals surface area contributed by atoms with E-state index in [0.29, 0.717) is 0 Å². The molecule has 5 heteroatoms. The summed E-state index contributed by atoms with van der Waals surface area (Å²) in [5.74, 6) is 0.847. The highest BCUT2D eigenvalue weighted by molar-refractivity contribution is 6.06. The standard InChI is InChI=1S/C16H14N4O/c1-9-11-7-12-13(8-14(11)20(2)16(9)21)19-15(18-12)10-3-5-17-6-4-10/h3-9H,1-2H3,(H,18,19). The summed E-state index contributed by atoms with van der Waals surface area (Å²) in [6, 6.07) is 7.86. The molecule has 2 aromatic heterocycles. The lowest BCUT2D eigenvalue weighted by Gasteiger charge is -2.09. The average molecular weight is 278 g/mol. The minimum atomic E-state index is -0.101. The third kappa shape index (κ3) is 1.67. The lowest BCUT2D eigenvalue weighted by molar-refractivity contribution is -0.118. The van der Waals surface area contributed by atoms with E-state index >= 15 is 0 Å². The number of carbonyl (C=O) groups is 1. The van der Waals surface area contributed by atoms with Crippen molar-refractivity contribution in [2.45, 2.75) is 12.8 Å². The minimum Gasteiger partial charge on any atom is -0.338 e. The second kappa shape index (κ2) is 4.15. The number of aromatic nitrogens is 3. The normalized spacial score (nSPS) is 17.5. The summed E-state index contributed by atoms with van der Waals surface area (Å²) >= 11 is 0. The Hall–Kier alpha value is -2.69. The van der Waals surface area contributed by atoms with Gasteiger partial charge >= 0.3 is 0 Å². The number of amides is 1. The molecule has 1 aliphatic rings. The number of H-pyrrole nitrogens is 1. The maximum Gasteiger partial charge on any atom is 0.234 e. The molecule has 1 aliphatic heterocycles. The van der Waals surface area contributed by atoms with Crippen LogP contribution in [0.2, 0.25) is 0 Å². The molecule has 0 saturated carbocycles. The number of rotatable bonds is 1. The number of anilines is 1. The van der Waals surface area contributed by atoms with Crippen molar-refractivity contribution in [3.63, 3.8) is 0 Å². The Morgan fingerprint density at radius 1 is 1.24 bits per heavy atom. The highest BCUT2D eigenvalue weighted by atomic mass is 16.2. The van der Waals surface area contributed by atoms with Crippen LogP contribution >= 0.6 is 0 Å². The molecule has 0 spiro atoms. The predicted octanol–water partition coefficient (Wildman–Crippen LogP) is 2.70. The number of imidazole rings is 1. The number of carbonyl (C=O) groups excluding carboxylic acids is 1. The second-order valence-electron chi connectivity index (χ2n) is 5.37. The molecule has 1 aromatic carbocycles. The van der Waals surface area contributed by atoms with Gasteiger partial charge in [0.1, 0.15) is 5.82 Å². The Kier molecular flexibility index (Phi) is 2.39. The van der Waals surface area contributed by atoms with Crippen LogP contribution in [0.25, 0.3) is 22.4 Å². The number of nitrogens with one attached hydrogen (secondary N) is 1. The Morgan fingerprint density at radius 3 is 2.76 bits per heavy atom. The molecular formula is C16H14N4O. The van der Waals surface area contributed by atoms with Crippen molar-refractivity contribution in [2.75, 3.05) is 11.9 Å². The van der Waals surface area contributed by atoms with Crippen LogP contribution in [-0.4, -0.2) is 27.9 Å². The molecule has 21 heavy (non-hydrogen) atoms. The average Bonchev–Trinajstić information content (AvgIpc) is 3.02. The lowest BCUT2D eigenvalue weighted by Crippen LogP contribution is -2.22. The van der Waals surface area contributed by atoms with E-state index in [2.05, 4.69) is 15.0 Å². The summed E-state index contributed by atoms with van der Waals surface area (Å²) in [6.45, 7) is 1.94. The second-order valence-corrected chi connectivity index (χ2v) is 5.37. The van der Waals surface area contributed by atoms with Crippen molar-refractivity contribution < 1.29 is 4.79 Å². The van der Waals surface area contributed by atoms with Gasteiger partial charge in [0.2, 0.25) is 5.91 Å². The molecule has 3 aromatic rings. The maximum atomic E-state index is 12.0. The van der Waals surface area contributed by atoms with E-state index in [0.717, 1.165) is 33.7 Å². The van der Waals surface area contributed by atoms with Crippen molar-refractivity contribution in [2.24, 2.45) is 0 Å². The van der Waals surface area contributed by atoms with Crippen LogP contribution in [0.4, 0.5) is 5.69 Å². The van der Waals surface area contributed by atoms with Gasteiger partial charge in [-0.05, 0) is 36.8 Å². The van der Waals surface area contributed by atoms with Crippen molar-refractivity contribution in [3.05, 3.63) is 42.2 Å². The van der Waals surface area contributed by atoms with Crippen molar-refractivity contribution in [1.29, 1.82) is 0 Å². The number of pyridine rings is 1. The minimum absolute atomic E-state index is 0.101. The van der Waals surface area contributed by atoms with Gasteiger partial charge in [0, 0.05) is 30.7 Å². The van der Waals surface area contributed by atoms with Crippen molar-refractivity contribution in [3.8, 4) is 11.4 Å². The zero-order valence-electron chi connectivity index (χ0n) is 11.8. The van der Waals surface area contributed by atoms with Crippen LogP contribution < -0.4 is 4.90 Å². The predicted molar refractivity (Wildman–Crippen MR) is 81.1 cm³/mol. The summed E-state index contributed by atoms with van der Waals surface area (Å²) in [4.78, 5) is 25.7. The van der Waals surface area contributed by atoms with E-state index in [1.165, 1.54) is 0 Å². The number of hydrogen-bond acceptors (Lipinski definition) is 3. The molecule has 1 atom stereocenters. The molecule has 104 valence electrons. The quantitative estimate of drug-likeness (QED) is 0.744. The molecule has 0 aliphatic carbocycles. The fourth-order valence-corrected chi connectivity index (χ4v) is 2.89. The summed E-state index contributed by atoms with van der Waals surface area (Å²) in [7, 11) is 1.82. The van der Waals surface area contributed by atoms with Crippen LogP contribution in [0.3, 0.4) is 0 Å². The van der Waals surface area contributed by atoms with Gasteiger partial charge in [0.25, 0.3) is 0 Å². The van der Waals surface area contributed by atoms with Gasteiger partial charge in [-0.3, -0.25) is 9.78 Å². The first-order valence-corrected chi connectivity index (χ1v) is 6.87. The van der Waals surface area contributed by atoms with E-state index in [4.69, 9.17) is 0 Å². The highest BCUT2D eigenvalue weighted by Crippen LogP contribution is 2.38. The largest absolute Gasteiger partial charge is 0.338 e. The Bertz CT molecular complexity index is 804. The SMILES string of the molecule is CC1C(=O)N(C)c2cc3[nH]c(-c4ccncc4)nc3cc21. The van der Waals surface area contributed by atoms with Gasteiger partial charge in [-0.2, -0.15) is 0 Å². The monoisotopic (exact) mass is 278 g/mol. The first-order valence-electron chi connectivity index (χ1n) is 6.87. The van der Waals surface area contributed by atoms with Crippen LogP contribution in [0.1, 0.15) is 18.4 Å². The molecule has 1 N–H and O–H groups in total. The van der Waals surface area contributed by atoms with Crippen molar-refractivity contribution >= 4 is 22.6 Å². The van der Waals surface area contributed by atoms with Gasteiger partial charge in [-0.15, -0.1) is 0 Å². The van der Waals surface area contributed by atoms with E-state index in [1.54, 1.807) is 17.3 Å². The van der Waals surface area contributed by atoms with E-state index in [9.17, 15) is 4.79 Å². The summed E-state index contributed by atoms with van der Waals surface area (Å²) in [5, 5.41) is 0. The fraction of sp³-hybridized carbons (Fsp3) is 0.188. The van der Waals surface area contributed by atoms with Crippen LogP contribution in [-0.2, 0) is 4.79 Å². The number of benzene rings is 1. The Balaban J connectivity index is 1.90. The molecule has 4 rings (SSSR count). The smallest absolute Gasteiger partial charge is 0.234 e. The van der Waals surface area contributed by atoms with Gasteiger partial charge in [-0.25, -0.2) is 4.98 Å². The van der Waals surface area contributed by atoms with Gasteiger partial charge in [0.15, 0.2) is 0 Å². The third-order valence-electron chi connectivity index (χ3n) is 4.11. The van der Waals surface area contributed by atoms with Gasteiger partial charge < -0.3 is 9.88 Å². The fourth-order valence-electron chi connectivity index (χ4n) is 2.89. The van der Waals surface area contributed by atoms with Gasteiger partial charge in [-0.1, -0.05) is 0 Å². The molecule has 5 nitrogen and oxygen atoms in total. The molecule has 1 amide bonds. The number of likely N-dealkylation sites (N-methyl/N-ethyl adjacent to an activating group) is 1. The zero-order valence-corrected chi connectivity index (χ0v) is 11.8. The highest BCUT2D eigenvalue weighted by Gasteiger charge is 2.32. The summed E-state index contributed by atoms with van der Waals surface area (Å²) in [5.41, 5.74) is 4.83. The summed E-state index contributed by atoms with van der Waals surface area (Å²) in [6.07, 6.45) is 3.49. The molecule has 3 heterocycles. The third-order valence-corrected chi connectivity index (χ3v) is 4.11. The number of fused-ring (bicyclic) bond motifs is 2. The summed E-state index contributed by atoms with van der Waals surface area (Å²) < 4.78 is 0. The van der Waals surface area contributed by atoms with Crippen LogP contribution in [0.15, 0.2) is 36.7 Å². The number of aromatic amines is 1. The number of nitrogens with zero attached hydrogens (tertiary/aromatic N) is 3. The first-order chi connectivity index (χ1) is 10.1. The lowest BCUT2D eigenvalue weighted by atomic mass is 10.0. The Morgan fingerprint density at radius 2 is 2.00 bits per heavy atom. The molecule has 0 bridgehead atoms. The van der Waals surface area contributed by atoms with E-state index in [-0.39, 0.29) is 11.8 Å². The topological polar surface area (TPSA) is 61.9 Å². The van der Waals surface area contributed by atoms with Crippen LogP contribution in [0.5, 0.6) is 0 Å². The maximum absolute atomic E-state index is 12.0. The first kappa shape index (κ1) is 12.1. The molecule has 0 saturated heterocycles. The molecular weight excluding hydrogens is 264 g/mol. The molecule has 1 unspecified atom stereocenters. The number of hydrogen-bond donors (Lipinski definition) is 1. The van der Waals surface area contributed by atoms with Gasteiger partial charge in [0.05, 0.1) is 17.0 Å². The van der Waals surface area contributed by atoms with Crippen LogP contribution in [0, 0.1) is 0 Å². The van der Waals surface area contributed by atoms with Crippen molar-refractivity contribution in [1.82, 2.24) is 15.0 Å².